The Bertz CT molecular complexity index is 1470. The molecule has 0 radical (unpaired) electrons. The molecular weight excluding hydrogens is 571 g/mol. The van der Waals surface area contributed by atoms with Gasteiger partial charge in [0.1, 0.15) is 18.3 Å². The van der Waals surface area contributed by atoms with E-state index < -0.39 is 34.1 Å². The van der Waals surface area contributed by atoms with Crippen molar-refractivity contribution < 1.29 is 22.7 Å². The maximum absolute atomic E-state index is 14.2. The molecule has 3 aromatic rings. The number of benzene rings is 3. The summed E-state index contributed by atoms with van der Waals surface area (Å²) in [4.78, 5) is 29.8. The summed E-state index contributed by atoms with van der Waals surface area (Å²) in [5.41, 5.74) is 1.61. The van der Waals surface area contributed by atoms with Gasteiger partial charge in [-0.3, -0.25) is 13.9 Å². The summed E-state index contributed by atoms with van der Waals surface area (Å²) in [5, 5.41) is 2.94. The molecule has 0 aromatic heterocycles. The molecule has 2 amide bonds. The van der Waals surface area contributed by atoms with E-state index in [0.29, 0.717) is 12.4 Å². The first kappa shape index (κ1) is 33.0. The van der Waals surface area contributed by atoms with E-state index in [0.717, 1.165) is 20.3 Å². The van der Waals surface area contributed by atoms with Crippen LogP contribution in [0.25, 0.3) is 0 Å². The Hall–Kier alpha value is -3.50. The summed E-state index contributed by atoms with van der Waals surface area (Å²) in [6.07, 6.45) is 1.91. The lowest BCUT2D eigenvalue weighted by Crippen LogP contribution is -2.54. The lowest BCUT2D eigenvalue weighted by molar-refractivity contribution is -0.140. The molecule has 1 atom stereocenters. The zero-order valence-corrected chi connectivity index (χ0v) is 27.0. The Morgan fingerprint density at radius 1 is 0.976 bits per heavy atom. The highest BCUT2D eigenvalue weighted by Gasteiger charge is 2.34. The van der Waals surface area contributed by atoms with Gasteiger partial charge in [0.25, 0.3) is 10.0 Å². The minimum Gasteiger partial charge on any atom is -0.492 e. The van der Waals surface area contributed by atoms with Crippen molar-refractivity contribution in [2.24, 2.45) is 0 Å². The van der Waals surface area contributed by atoms with Crippen LogP contribution in [0.2, 0.25) is 0 Å². The normalized spacial score (nSPS) is 12.4. The van der Waals surface area contributed by atoms with Crippen LogP contribution in [-0.4, -0.2) is 56.1 Å². The second-order valence-electron chi connectivity index (χ2n) is 11.0. The van der Waals surface area contributed by atoms with Gasteiger partial charge in [0.15, 0.2) is 0 Å². The van der Waals surface area contributed by atoms with Gasteiger partial charge in [0, 0.05) is 17.0 Å². The number of anilines is 1. The summed E-state index contributed by atoms with van der Waals surface area (Å²) in [7, 11) is -4.21. The van der Waals surface area contributed by atoms with Gasteiger partial charge >= 0.3 is 0 Å². The number of nitrogens with zero attached hydrogens (tertiary/aromatic N) is 2. The fraction of sp³-hybridized carbons (Fsp3) is 0.375. The third-order valence-electron chi connectivity index (χ3n) is 6.50. The summed E-state index contributed by atoms with van der Waals surface area (Å²) >= 11 is 1.50. The van der Waals surface area contributed by atoms with E-state index in [1.165, 1.54) is 28.8 Å². The first-order valence-corrected chi connectivity index (χ1v) is 16.5. The first-order chi connectivity index (χ1) is 19.8. The van der Waals surface area contributed by atoms with Gasteiger partial charge in [0.2, 0.25) is 11.8 Å². The molecule has 0 fully saturated rings. The van der Waals surface area contributed by atoms with Gasteiger partial charge in [-0.2, -0.15) is 0 Å². The second kappa shape index (κ2) is 14.1. The molecule has 3 rings (SSSR count). The van der Waals surface area contributed by atoms with Crippen molar-refractivity contribution in [3.8, 4) is 5.75 Å². The van der Waals surface area contributed by atoms with Gasteiger partial charge in [-0.1, -0.05) is 42.0 Å². The van der Waals surface area contributed by atoms with E-state index in [-0.39, 0.29) is 23.0 Å². The number of thioether (sulfide) groups is 1. The van der Waals surface area contributed by atoms with Crippen molar-refractivity contribution in [3.63, 3.8) is 0 Å². The topological polar surface area (TPSA) is 96.0 Å². The second-order valence-corrected chi connectivity index (χ2v) is 13.8. The predicted octanol–water partition coefficient (Wildman–Crippen LogP) is 5.64. The Labute approximate surface area is 254 Å². The zero-order chi connectivity index (χ0) is 31.1. The van der Waals surface area contributed by atoms with Crippen LogP contribution in [0.4, 0.5) is 5.69 Å². The van der Waals surface area contributed by atoms with Crippen LogP contribution in [0.15, 0.2) is 82.6 Å². The van der Waals surface area contributed by atoms with Gasteiger partial charge in [0.05, 0.1) is 17.2 Å². The smallest absolute Gasteiger partial charge is 0.264 e. The molecule has 0 aliphatic rings. The largest absolute Gasteiger partial charge is 0.492 e. The van der Waals surface area contributed by atoms with Crippen molar-refractivity contribution in [3.05, 3.63) is 83.9 Å². The molecule has 1 unspecified atom stereocenters. The number of ether oxygens (including phenoxy) is 1. The molecule has 1 N–H and O–H groups in total. The lowest BCUT2D eigenvalue weighted by atomic mass is 10.1. The maximum atomic E-state index is 14.2. The Morgan fingerprint density at radius 2 is 1.60 bits per heavy atom. The monoisotopic (exact) mass is 611 g/mol. The van der Waals surface area contributed by atoms with E-state index in [2.05, 4.69) is 5.32 Å². The third-order valence-corrected chi connectivity index (χ3v) is 9.02. The molecule has 0 spiro atoms. The first-order valence-electron chi connectivity index (χ1n) is 13.8. The van der Waals surface area contributed by atoms with Crippen LogP contribution in [0.5, 0.6) is 5.75 Å². The van der Waals surface area contributed by atoms with Gasteiger partial charge in [-0.05, 0) is 89.8 Å². The number of aryl methyl sites for hydroxylation is 1. The Kier molecular flexibility index (Phi) is 11.1. The van der Waals surface area contributed by atoms with Gasteiger partial charge in [-0.25, -0.2) is 8.42 Å². The Balaban J connectivity index is 2.09. The number of hydrogen-bond acceptors (Lipinski definition) is 6. The minimum absolute atomic E-state index is 0.0445. The molecule has 8 nitrogen and oxygen atoms in total. The van der Waals surface area contributed by atoms with Crippen LogP contribution >= 0.6 is 11.8 Å². The van der Waals surface area contributed by atoms with Crippen molar-refractivity contribution in [1.29, 1.82) is 0 Å². The number of amides is 2. The number of carbonyl (C=O) groups is 2. The fourth-order valence-corrected chi connectivity index (χ4v) is 6.11. The fourth-order valence-electron chi connectivity index (χ4n) is 4.28. The van der Waals surface area contributed by atoms with Crippen LogP contribution in [0.3, 0.4) is 0 Å². The number of sulfonamides is 1. The highest BCUT2D eigenvalue weighted by atomic mass is 32.2. The number of para-hydroxylation sites is 2. The van der Waals surface area contributed by atoms with E-state index >= 15 is 0 Å². The molecule has 226 valence electrons. The summed E-state index contributed by atoms with van der Waals surface area (Å²) in [6, 6.07) is 20.1. The molecule has 0 saturated heterocycles. The lowest BCUT2D eigenvalue weighted by Gasteiger charge is -2.33. The van der Waals surface area contributed by atoms with Crippen LogP contribution in [-0.2, 0) is 26.2 Å². The van der Waals surface area contributed by atoms with Crippen LogP contribution in [0.1, 0.15) is 45.7 Å². The van der Waals surface area contributed by atoms with Crippen molar-refractivity contribution in [1.82, 2.24) is 10.2 Å². The average Bonchev–Trinajstić information content (AvgIpc) is 2.94. The summed E-state index contributed by atoms with van der Waals surface area (Å²) in [6.45, 7) is 10.9. The average molecular weight is 612 g/mol. The van der Waals surface area contributed by atoms with Crippen LogP contribution in [0, 0.1) is 6.92 Å². The maximum Gasteiger partial charge on any atom is 0.264 e. The highest BCUT2D eigenvalue weighted by molar-refractivity contribution is 7.98. The Morgan fingerprint density at radius 3 is 2.17 bits per heavy atom. The molecule has 0 aliphatic carbocycles. The number of hydrogen-bond donors (Lipinski definition) is 1. The standard InChI is InChI=1S/C32H41N3O5S2/c1-8-40-29-12-10-9-11-28(29)35(42(38,39)27-19-17-26(41-7)18-20-27)22-30(36)34(21-25-15-13-23(2)14-16-25)24(3)31(37)33-32(4,5)6/h9-20,24H,8,21-22H2,1-7H3,(H,33,37). The predicted molar refractivity (Wildman–Crippen MR) is 169 cm³/mol. The van der Waals surface area contributed by atoms with E-state index in [1.807, 2.05) is 58.2 Å². The molecule has 0 saturated carbocycles. The number of rotatable bonds is 12. The van der Waals surface area contributed by atoms with Gasteiger partial charge < -0.3 is 15.0 Å². The summed E-state index contributed by atoms with van der Waals surface area (Å²) in [5.74, 6) is -0.525. The molecule has 3 aromatic carbocycles. The van der Waals surface area contributed by atoms with E-state index in [1.54, 1.807) is 50.2 Å². The van der Waals surface area contributed by atoms with Crippen molar-refractivity contribution >= 4 is 39.3 Å². The van der Waals surface area contributed by atoms with E-state index in [4.69, 9.17) is 4.74 Å². The number of carbonyl (C=O) groups excluding carboxylic acids is 2. The van der Waals surface area contributed by atoms with E-state index in [9.17, 15) is 18.0 Å². The molecule has 10 heteroatoms. The molecular formula is C32H41N3O5S2. The zero-order valence-electron chi connectivity index (χ0n) is 25.4. The van der Waals surface area contributed by atoms with Crippen molar-refractivity contribution in [2.75, 3.05) is 23.7 Å². The molecule has 0 aliphatic heterocycles. The van der Waals surface area contributed by atoms with Crippen molar-refractivity contribution in [2.45, 2.75) is 69.5 Å². The summed E-state index contributed by atoms with van der Waals surface area (Å²) < 4.78 is 35.1. The van der Waals surface area contributed by atoms with Gasteiger partial charge in [-0.15, -0.1) is 11.8 Å². The number of nitrogens with one attached hydrogen (secondary N) is 1. The third kappa shape index (κ3) is 8.51. The highest BCUT2D eigenvalue weighted by Crippen LogP contribution is 2.33. The molecule has 0 heterocycles. The SMILES string of the molecule is CCOc1ccccc1N(CC(=O)N(Cc1ccc(C)cc1)C(C)C(=O)NC(C)(C)C)S(=O)(=O)c1ccc(SC)cc1. The molecule has 0 bridgehead atoms. The minimum atomic E-state index is -4.21. The molecule has 42 heavy (non-hydrogen) atoms. The quantitative estimate of drug-likeness (QED) is 0.266. The van der Waals surface area contributed by atoms with Crippen LogP contribution < -0.4 is 14.4 Å².